The fourth-order valence-corrected chi connectivity index (χ4v) is 2.39. The van der Waals surface area contributed by atoms with Crippen molar-refractivity contribution in [3.05, 3.63) is 0 Å². The number of hydrogen-bond acceptors (Lipinski definition) is 6. The second-order valence-electron chi connectivity index (χ2n) is 6.77. The minimum absolute atomic E-state index is 0. The van der Waals surface area contributed by atoms with E-state index in [1.54, 1.807) is 13.8 Å². The molecule has 0 fully saturated rings. The zero-order valence-corrected chi connectivity index (χ0v) is 19.8. The molecule has 186 valence electrons. The van der Waals surface area contributed by atoms with Gasteiger partial charge in [0.15, 0.2) is 0 Å². The molecular formula is C18H34Cl2N6O6. The summed E-state index contributed by atoms with van der Waals surface area (Å²) >= 11 is 0. The molecule has 0 aromatic heterocycles. The third kappa shape index (κ3) is 17.1. The van der Waals surface area contributed by atoms with Crippen molar-refractivity contribution in [1.29, 1.82) is 0 Å². The molecule has 0 spiro atoms. The summed E-state index contributed by atoms with van der Waals surface area (Å²) < 4.78 is 0. The summed E-state index contributed by atoms with van der Waals surface area (Å²) in [5, 5.41) is 22.7. The molecule has 0 aliphatic carbocycles. The van der Waals surface area contributed by atoms with E-state index < -0.39 is 35.8 Å². The molecule has 32 heavy (non-hydrogen) atoms. The summed E-state index contributed by atoms with van der Waals surface area (Å²) in [4.78, 5) is 54.5. The number of hydrogen-bond donors (Lipinski definition) is 6. The summed E-state index contributed by atoms with van der Waals surface area (Å²) in [6.07, 6.45) is 2.20. The van der Waals surface area contributed by atoms with Gasteiger partial charge in [-0.2, -0.15) is 0 Å². The van der Waals surface area contributed by atoms with Crippen molar-refractivity contribution in [3.63, 3.8) is 0 Å². The number of amidine groups is 2. The van der Waals surface area contributed by atoms with Crippen LogP contribution in [-0.4, -0.2) is 70.8 Å². The van der Waals surface area contributed by atoms with Crippen molar-refractivity contribution in [1.82, 2.24) is 10.6 Å². The van der Waals surface area contributed by atoms with Gasteiger partial charge in [0.1, 0.15) is 12.1 Å². The number of carboxylic acids is 2. The van der Waals surface area contributed by atoms with Crippen LogP contribution in [0.25, 0.3) is 0 Å². The van der Waals surface area contributed by atoms with E-state index in [1.165, 1.54) is 0 Å². The second kappa shape index (κ2) is 19.1. The highest BCUT2D eigenvalue weighted by molar-refractivity contribution is 6.35. The molecule has 0 saturated carbocycles. The highest BCUT2D eigenvalue weighted by Crippen LogP contribution is 2.04. The maximum Gasteiger partial charge on any atom is 0.326 e. The molecule has 0 bridgehead atoms. The molecule has 0 heterocycles. The van der Waals surface area contributed by atoms with Gasteiger partial charge < -0.3 is 32.3 Å². The van der Waals surface area contributed by atoms with Gasteiger partial charge in [-0.3, -0.25) is 19.6 Å². The molecule has 0 saturated heterocycles. The Morgan fingerprint density at radius 2 is 1.03 bits per heavy atom. The topological polar surface area (TPSA) is 210 Å². The van der Waals surface area contributed by atoms with Crippen LogP contribution in [0.4, 0.5) is 0 Å². The van der Waals surface area contributed by atoms with Crippen LogP contribution >= 0.6 is 24.8 Å². The van der Waals surface area contributed by atoms with Gasteiger partial charge in [-0.25, -0.2) is 9.59 Å². The highest BCUT2D eigenvalue weighted by Gasteiger charge is 2.27. The predicted molar refractivity (Wildman–Crippen MR) is 126 cm³/mol. The summed E-state index contributed by atoms with van der Waals surface area (Å²) in [7, 11) is 0. The van der Waals surface area contributed by atoms with Crippen molar-refractivity contribution in [2.75, 3.05) is 13.1 Å². The van der Waals surface area contributed by atoms with Crippen molar-refractivity contribution >= 4 is 60.2 Å². The summed E-state index contributed by atoms with van der Waals surface area (Å²) in [5.74, 6) is -4.14. The molecule has 14 heteroatoms. The molecule has 8 N–H and O–H groups in total. The Bertz CT molecular complexity index is 610. The predicted octanol–water partition coefficient (Wildman–Crippen LogP) is 0.0636. The number of aliphatic imine (C=N–C) groups is 2. The molecule has 0 aliphatic heterocycles. The van der Waals surface area contributed by atoms with Crippen LogP contribution in [-0.2, 0) is 19.2 Å². The molecule has 2 amide bonds. The number of nitrogens with one attached hydrogen (secondary N) is 2. The van der Waals surface area contributed by atoms with Gasteiger partial charge in [-0.15, -0.1) is 24.8 Å². The summed E-state index contributed by atoms with van der Waals surface area (Å²) in [6, 6.07) is -2.54. The number of nitrogens with two attached hydrogens (primary N) is 2. The maximum absolute atomic E-state index is 12.0. The van der Waals surface area contributed by atoms with Crippen LogP contribution < -0.4 is 22.1 Å². The standard InChI is InChI=1S/C18H32N6O6.2ClH/c1-11(19)21-9-5-3-7-13(17(27)28)23-15(25)16(26)24-14(18(29)30)8-4-6-10-22-12(2)20;;/h13-14H,3-10H2,1-2H3,(H2,19,21)(H2,20,22)(H,23,25)(H,24,26)(H,27,28)(H,29,30);2*1H. The van der Waals surface area contributed by atoms with Crippen LogP contribution in [0.5, 0.6) is 0 Å². The van der Waals surface area contributed by atoms with E-state index >= 15 is 0 Å². The minimum atomic E-state index is -1.29. The smallest absolute Gasteiger partial charge is 0.326 e. The van der Waals surface area contributed by atoms with Crippen molar-refractivity contribution < 1.29 is 29.4 Å². The number of nitrogens with zero attached hydrogens (tertiary/aromatic N) is 2. The first-order chi connectivity index (χ1) is 14.0. The zero-order chi connectivity index (χ0) is 23.1. The van der Waals surface area contributed by atoms with Gasteiger partial charge >= 0.3 is 23.8 Å². The monoisotopic (exact) mass is 500 g/mol. The van der Waals surface area contributed by atoms with Gasteiger partial charge in [-0.1, -0.05) is 0 Å². The number of rotatable bonds is 14. The van der Waals surface area contributed by atoms with E-state index in [0.29, 0.717) is 50.4 Å². The van der Waals surface area contributed by atoms with E-state index in [2.05, 4.69) is 20.6 Å². The number of unbranched alkanes of at least 4 members (excludes halogenated alkanes) is 2. The fraction of sp³-hybridized carbons (Fsp3) is 0.667. The maximum atomic E-state index is 12.0. The van der Waals surface area contributed by atoms with E-state index in [-0.39, 0.29) is 37.7 Å². The van der Waals surface area contributed by atoms with Crippen LogP contribution in [0.15, 0.2) is 9.98 Å². The molecular weight excluding hydrogens is 467 g/mol. The molecule has 0 rings (SSSR count). The number of carboxylic acid groups (broad SMARTS) is 2. The Labute approximate surface area is 199 Å². The first-order valence-corrected chi connectivity index (χ1v) is 9.64. The Hall–Kier alpha value is -2.60. The fourth-order valence-electron chi connectivity index (χ4n) is 2.39. The lowest BCUT2D eigenvalue weighted by atomic mass is 10.1. The van der Waals surface area contributed by atoms with Crippen LogP contribution in [0, 0.1) is 0 Å². The van der Waals surface area contributed by atoms with Crippen LogP contribution in [0.1, 0.15) is 52.4 Å². The Morgan fingerprint density at radius 3 is 1.28 bits per heavy atom. The lowest BCUT2D eigenvalue weighted by molar-refractivity contribution is -0.147. The largest absolute Gasteiger partial charge is 0.480 e. The average Bonchev–Trinajstić information content (AvgIpc) is 2.64. The Kier molecular flexibility index (Phi) is 20.3. The van der Waals surface area contributed by atoms with Gasteiger partial charge in [0.05, 0.1) is 11.7 Å². The number of carbonyl (C=O) groups is 4. The van der Waals surface area contributed by atoms with Crippen LogP contribution in [0.3, 0.4) is 0 Å². The molecule has 2 atom stereocenters. The summed E-state index contributed by atoms with van der Waals surface area (Å²) in [5.41, 5.74) is 10.8. The van der Waals surface area contributed by atoms with Crippen molar-refractivity contribution in [2.24, 2.45) is 21.5 Å². The molecule has 0 aromatic carbocycles. The van der Waals surface area contributed by atoms with Gasteiger partial charge in [-0.05, 0) is 52.4 Å². The first kappa shape index (κ1) is 34.0. The average molecular weight is 501 g/mol. The molecule has 0 radical (unpaired) electrons. The van der Waals surface area contributed by atoms with Gasteiger partial charge in [0, 0.05) is 13.1 Å². The lowest BCUT2D eigenvalue weighted by Gasteiger charge is -2.16. The zero-order valence-electron chi connectivity index (χ0n) is 18.2. The van der Waals surface area contributed by atoms with E-state index in [1.807, 2.05) is 0 Å². The van der Waals surface area contributed by atoms with Gasteiger partial charge in [0.2, 0.25) is 0 Å². The first-order valence-electron chi connectivity index (χ1n) is 9.64. The third-order valence-electron chi connectivity index (χ3n) is 3.94. The van der Waals surface area contributed by atoms with Crippen LogP contribution in [0.2, 0.25) is 0 Å². The lowest BCUT2D eigenvalue weighted by Crippen LogP contribution is -2.51. The number of halogens is 2. The highest BCUT2D eigenvalue weighted by atomic mass is 35.5. The number of carbonyl (C=O) groups excluding carboxylic acids is 2. The second-order valence-corrected chi connectivity index (χ2v) is 6.77. The third-order valence-corrected chi connectivity index (χ3v) is 3.94. The normalized spacial score (nSPS) is 13.1. The van der Waals surface area contributed by atoms with E-state index in [0.717, 1.165) is 0 Å². The Balaban J connectivity index is -0.00000420. The van der Waals surface area contributed by atoms with Gasteiger partial charge in [0.25, 0.3) is 0 Å². The molecule has 2 unspecified atom stereocenters. The molecule has 12 nitrogen and oxygen atoms in total. The number of aliphatic carboxylic acids is 2. The van der Waals surface area contributed by atoms with E-state index in [4.69, 9.17) is 11.5 Å². The Morgan fingerprint density at radius 1 is 0.719 bits per heavy atom. The SMILES string of the molecule is CC(N)=NCCCCC(NC(=O)C(=O)NC(CCCCN=C(C)N)C(=O)O)C(=O)O.Cl.Cl. The molecule has 0 aliphatic rings. The number of amides is 2. The van der Waals surface area contributed by atoms with Crippen molar-refractivity contribution in [2.45, 2.75) is 64.5 Å². The van der Waals surface area contributed by atoms with E-state index in [9.17, 15) is 29.4 Å². The minimum Gasteiger partial charge on any atom is -0.480 e. The quantitative estimate of drug-likeness (QED) is 0.0827. The molecule has 0 aromatic rings. The summed E-state index contributed by atoms with van der Waals surface area (Å²) in [6.45, 7) is 4.13. The van der Waals surface area contributed by atoms with Crippen molar-refractivity contribution in [3.8, 4) is 0 Å².